The highest BCUT2D eigenvalue weighted by Crippen LogP contribution is 2.53. The van der Waals surface area contributed by atoms with Gasteiger partial charge < -0.3 is 15.0 Å². The van der Waals surface area contributed by atoms with Gasteiger partial charge in [0, 0.05) is 22.0 Å². The smallest absolute Gasteiger partial charge is 0.317 e. The molecule has 0 aliphatic carbocycles. The van der Waals surface area contributed by atoms with Crippen LogP contribution in [0.3, 0.4) is 0 Å². The van der Waals surface area contributed by atoms with E-state index >= 15 is 0 Å². The van der Waals surface area contributed by atoms with Crippen LogP contribution in [0, 0.1) is 12.8 Å². The quantitative estimate of drug-likeness (QED) is 0.485. The lowest BCUT2D eigenvalue weighted by atomic mass is 9.80. The highest BCUT2D eigenvalue weighted by molar-refractivity contribution is 8.00. The van der Waals surface area contributed by atoms with Gasteiger partial charge in [-0.2, -0.15) is 0 Å². The average molecular weight is 425 g/mol. The van der Waals surface area contributed by atoms with Crippen molar-refractivity contribution in [1.29, 1.82) is 0 Å². The lowest BCUT2D eigenvalue weighted by molar-refractivity contribution is -0.142. The van der Waals surface area contributed by atoms with E-state index in [1.54, 1.807) is 12.1 Å². The van der Waals surface area contributed by atoms with Gasteiger partial charge in [-0.15, -0.1) is 0 Å². The average Bonchev–Trinajstić information content (AvgIpc) is 3.09. The fourth-order valence-corrected chi connectivity index (χ4v) is 6.35. The zero-order valence-corrected chi connectivity index (χ0v) is 16.9. The predicted molar refractivity (Wildman–Crippen MR) is 112 cm³/mol. The lowest BCUT2D eigenvalue weighted by Crippen LogP contribution is -2.46. The number of H-pyrrole nitrogens is 1. The van der Waals surface area contributed by atoms with Gasteiger partial charge in [0.2, 0.25) is 5.91 Å². The van der Waals surface area contributed by atoms with E-state index in [1.807, 2.05) is 43.3 Å². The molecule has 2 aliphatic rings. The van der Waals surface area contributed by atoms with Crippen molar-refractivity contribution in [3.63, 3.8) is 0 Å². The van der Waals surface area contributed by atoms with E-state index in [0.29, 0.717) is 16.5 Å². The number of anilines is 1. The number of esters is 1. The molecule has 8 heteroatoms. The minimum Gasteiger partial charge on any atom is -0.426 e. The number of benzene rings is 2. The van der Waals surface area contributed by atoms with Gasteiger partial charge in [-0.25, -0.2) is 0 Å². The molecule has 0 saturated heterocycles. The minimum atomic E-state index is -0.724. The Balaban J connectivity index is 1.60. The van der Waals surface area contributed by atoms with Crippen LogP contribution in [0.2, 0.25) is 0 Å². The molecule has 146 valence electrons. The first-order valence-electron chi connectivity index (χ1n) is 9.09. The van der Waals surface area contributed by atoms with Crippen LogP contribution in [-0.4, -0.2) is 22.1 Å². The third kappa shape index (κ3) is 2.99. The second-order valence-corrected chi connectivity index (χ2v) is 9.18. The number of aromatic nitrogens is 1. The summed E-state index contributed by atoms with van der Waals surface area (Å²) in [5, 5.41) is 2.86. The summed E-state index contributed by atoms with van der Waals surface area (Å²) in [7, 11) is 0. The van der Waals surface area contributed by atoms with E-state index in [2.05, 4.69) is 10.3 Å². The summed E-state index contributed by atoms with van der Waals surface area (Å²) < 4.78 is 5.56. The molecular formula is C21H16N2O4S2. The Hall–Kier alpha value is -2.84. The Morgan fingerprint density at radius 2 is 1.86 bits per heavy atom. The number of carbonyl (C=O) groups excluding carboxylic acids is 2. The van der Waals surface area contributed by atoms with Gasteiger partial charge in [-0.3, -0.25) is 14.4 Å². The van der Waals surface area contributed by atoms with E-state index in [-0.39, 0.29) is 16.7 Å². The summed E-state index contributed by atoms with van der Waals surface area (Å²) in [6.45, 7) is 1.91. The molecule has 2 aromatic carbocycles. The number of thioether (sulfide) groups is 1. The predicted octanol–water partition coefficient (Wildman–Crippen LogP) is 3.52. The van der Waals surface area contributed by atoms with Crippen LogP contribution < -0.4 is 14.9 Å². The summed E-state index contributed by atoms with van der Waals surface area (Å²) in [6, 6.07) is 14.8. The molecule has 5 rings (SSSR count). The second-order valence-electron chi connectivity index (χ2n) is 7.01. The highest BCUT2D eigenvalue weighted by Gasteiger charge is 2.51. The number of hydrogen-bond donors (Lipinski definition) is 2. The molecule has 1 amide bonds. The van der Waals surface area contributed by atoms with Crippen molar-refractivity contribution in [2.75, 3.05) is 5.32 Å². The van der Waals surface area contributed by atoms with E-state index in [9.17, 15) is 14.4 Å². The first kappa shape index (κ1) is 18.2. The zero-order chi connectivity index (χ0) is 20.1. The van der Waals surface area contributed by atoms with Gasteiger partial charge in [0.05, 0.1) is 10.9 Å². The number of amides is 1. The molecule has 0 spiro atoms. The van der Waals surface area contributed by atoms with Crippen LogP contribution in [0.15, 0.2) is 58.4 Å². The van der Waals surface area contributed by atoms with Crippen LogP contribution in [0.5, 0.6) is 5.75 Å². The Morgan fingerprint density at radius 3 is 2.69 bits per heavy atom. The summed E-state index contributed by atoms with van der Waals surface area (Å²) in [5.74, 6) is -1.35. The van der Waals surface area contributed by atoms with E-state index in [4.69, 9.17) is 4.74 Å². The number of thiazole rings is 1. The lowest BCUT2D eigenvalue weighted by Gasteiger charge is -2.38. The fourth-order valence-electron chi connectivity index (χ4n) is 3.89. The molecule has 3 atom stereocenters. The molecule has 0 radical (unpaired) electrons. The molecule has 1 aromatic heterocycles. The zero-order valence-electron chi connectivity index (χ0n) is 15.3. The maximum atomic E-state index is 13.2. The van der Waals surface area contributed by atoms with Crippen molar-refractivity contribution in [1.82, 2.24) is 4.98 Å². The van der Waals surface area contributed by atoms with Crippen LogP contribution >= 0.6 is 23.1 Å². The maximum absolute atomic E-state index is 13.2. The number of rotatable bonds is 2. The van der Waals surface area contributed by atoms with Crippen LogP contribution in [0.4, 0.5) is 5.69 Å². The Kier molecular flexibility index (Phi) is 4.33. The molecule has 2 aliphatic heterocycles. The normalized spacial score (nSPS) is 22.1. The highest BCUT2D eigenvalue weighted by atomic mass is 32.2. The van der Waals surface area contributed by atoms with Crippen LogP contribution in [0.1, 0.15) is 21.9 Å². The first-order chi connectivity index (χ1) is 14.0. The molecule has 3 aromatic rings. The molecule has 6 nitrogen and oxygen atoms in total. The molecule has 2 N–H and O–H groups in total. The Bertz CT molecular complexity index is 1200. The number of aryl methyl sites for hydroxylation is 1. The second kappa shape index (κ2) is 6.89. The van der Waals surface area contributed by atoms with Crippen LogP contribution in [-0.2, 0) is 9.59 Å². The van der Waals surface area contributed by atoms with Gasteiger partial charge in [0.25, 0.3) is 0 Å². The number of hydrogen-bond acceptors (Lipinski definition) is 6. The van der Waals surface area contributed by atoms with Gasteiger partial charge in [-0.1, -0.05) is 59.5 Å². The summed E-state index contributed by atoms with van der Waals surface area (Å²) in [5.41, 5.74) is 2.45. The third-order valence-corrected chi connectivity index (χ3v) is 7.67. The number of nitrogens with one attached hydrogen (secondary N) is 2. The third-order valence-electron chi connectivity index (χ3n) is 5.25. The molecule has 29 heavy (non-hydrogen) atoms. The van der Waals surface area contributed by atoms with Crippen LogP contribution in [0.25, 0.3) is 0 Å². The minimum absolute atomic E-state index is 0.197. The molecule has 0 fully saturated rings. The number of para-hydroxylation sites is 2. The van der Waals surface area contributed by atoms with Crippen molar-refractivity contribution >= 4 is 40.7 Å². The van der Waals surface area contributed by atoms with Crippen molar-refractivity contribution in [2.24, 2.45) is 5.92 Å². The maximum Gasteiger partial charge on any atom is 0.317 e. The molecular weight excluding hydrogens is 408 g/mol. The van der Waals surface area contributed by atoms with Crippen molar-refractivity contribution in [2.45, 2.75) is 23.1 Å². The van der Waals surface area contributed by atoms with E-state index in [1.165, 1.54) is 11.8 Å². The number of ether oxygens (including phenoxy) is 1. The summed E-state index contributed by atoms with van der Waals surface area (Å²) in [6.07, 6.45) is 0. The van der Waals surface area contributed by atoms with Crippen molar-refractivity contribution < 1.29 is 14.3 Å². The van der Waals surface area contributed by atoms with E-state index < -0.39 is 17.1 Å². The fraction of sp³-hybridized carbons (Fsp3) is 0.190. The number of fused-ring (bicyclic) bond motifs is 5. The number of aromatic amines is 1. The van der Waals surface area contributed by atoms with Gasteiger partial charge >= 0.3 is 10.8 Å². The SMILES string of the molecule is Cc1ccccc1NC(=O)[C@H]1Sc2[nH]c(=O)sc2[C@@H]2c3ccccc3OC(=O)[C@H]21. The molecule has 0 bridgehead atoms. The molecule has 3 heterocycles. The molecule has 0 saturated carbocycles. The topological polar surface area (TPSA) is 88.3 Å². The molecule has 0 unspecified atom stereocenters. The van der Waals surface area contributed by atoms with Crippen molar-refractivity contribution in [3.05, 3.63) is 74.2 Å². The Labute approximate surface area is 174 Å². The first-order valence-corrected chi connectivity index (χ1v) is 10.8. The largest absolute Gasteiger partial charge is 0.426 e. The standard InChI is InChI=1S/C21H16N2O4S2/c1-10-6-2-4-8-12(10)22-18(24)16-15-14(17-19(28-16)23-21(26)29-17)11-7-3-5-9-13(11)27-20(15)25/h2-9,14-16H,1H3,(H,22,24)(H,23,26)/t14-,15-,16+/m1/s1. The monoisotopic (exact) mass is 424 g/mol. The number of carbonyl (C=O) groups is 2. The van der Waals surface area contributed by atoms with Crippen molar-refractivity contribution in [3.8, 4) is 5.75 Å². The van der Waals surface area contributed by atoms with Gasteiger partial charge in [0.1, 0.15) is 11.0 Å². The Morgan fingerprint density at radius 1 is 1.10 bits per heavy atom. The summed E-state index contributed by atoms with van der Waals surface area (Å²) >= 11 is 2.31. The van der Waals surface area contributed by atoms with Gasteiger partial charge in [-0.05, 0) is 24.6 Å². The van der Waals surface area contributed by atoms with Gasteiger partial charge in [0.15, 0.2) is 0 Å². The van der Waals surface area contributed by atoms with E-state index in [0.717, 1.165) is 27.3 Å². The summed E-state index contributed by atoms with van der Waals surface area (Å²) in [4.78, 5) is 41.7.